The largest absolute Gasteiger partial charge is 0.366 e. The quantitative estimate of drug-likeness (QED) is 0.868. The van der Waals surface area contributed by atoms with Gasteiger partial charge in [0, 0.05) is 10.2 Å². The number of nitriles is 1. The number of para-hydroxylation sites is 1. The second-order valence-corrected chi connectivity index (χ2v) is 6.20. The van der Waals surface area contributed by atoms with E-state index in [9.17, 15) is 5.26 Å². The molecule has 3 heteroatoms. The summed E-state index contributed by atoms with van der Waals surface area (Å²) in [5.74, 6) is 0.955. The van der Waals surface area contributed by atoms with Crippen LogP contribution >= 0.6 is 15.9 Å². The molecule has 0 spiro atoms. The fraction of sp³-hybridized carbons (Fsp3) is 0.533. The Labute approximate surface area is 118 Å². The first-order chi connectivity index (χ1) is 8.59. The van der Waals surface area contributed by atoms with Crippen molar-refractivity contribution < 1.29 is 0 Å². The monoisotopic (exact) mass is 306 g/mol. The average Bonchev–Trinajstić information content (AvgIpc) is 2.38. The molecule has 1 saturated carbocycles. The molecule has 1 fully saturated rings. The van der Waals surface area contributed by atoms with E-state index < -0.39 is 5.54 Å². The first-order valence-electron chi connectivity index (χ1n) is 6.53. The van der Waals surface area contributed by atoms with Gasteiger partial charge in [-0.3, -0.25) is 0 Å². The Hall–Kier alpha value is -1.01. The number of nitrogens with zero attached hydrogens (tertiary/aromatic N) is 1. The van der Waals surface area contributed by atoms with E-state index in [1.807, 2.05) is 24.3 Å². The molecular weight excluding hydrogens is 288 g/mol. The van der Waals surface area contributed by atoms with Gasteiger partial charge < -0.3 is 5.32 Å². The van der Waals surface area contributed by atoms with Gasteiger partial charge in [-0.1, -0.05) is 32.4 Å². The topological polar surface area (TPSA) is 35.8 Å². The molecule has 1 N–H and O–H groups in total. The van der Waals surface area contributed by atoms with Gasteiger partial charge in [0.2, 0.25) is 0 Å². The minimum Gasteiger partial charge on any atom is -0.366 e. The maximum atomic E-state index is 9.65. The highest BCUT2D eigenvalue weighted by atomic mass is 79.9. The Morgan fingerprint density at radius 1 is 1.39 bits per heavy atom. The molecule has 0 radical (unpaired) electrons. The van der Waals surface area contributed by atoms with Crippen LogP contribution in [0.25, 0.3) is 0 Å². The Kier molecular flexibility index (Phi) is 3.97. The van der Waals surface area contributed by atoms with E-state index in [1.54, 1.807) is 0 Å². The Balaban J connectivity index is 2.29. The van der Waals surface area contributed by atoms with Gasteiger partial charge in [-0.05, 0) is 52.7 Å². The van der Waals surface area contributed by atoms with Crippen LogP contribution in [0.4, 0.5) is 5.69 Å². The summed E-state index contributed by atoms with van der Waals surface area (Å²) in [6.07, 6.45) is 3.27. The summed E-state index contributed by atoms with van der Waals surface area (Å²) < 4.78 is 1.02. The lowest BCUT2D eigenvalue weighted by Crippen LogP contribution is -2.48. The van der Waals surface area contributed by atoms with Crippen molar-refractivity contribution in [3.05, 3.63) is 28.7 Å². The summed E-state index contributed by atoms with van der Waals surface area (Å²) >= 11 is 3.54. The molecule has 3 atom stereocenters. The number of rotatable bonds is 2. The zero-order valence-corrected chi connectivity index (χ0v) is 12.5. The van der Waals surface area contributed by atoms with Crippen molar-refractivity contribution in [1.29, 1.82) is 5.26 Å². The van der Waals surface area contributed by atoms with Crippen LogP contribution in [0, 0.1) is 23.2 Å². The molecule has 0 bridgehead atoms. The molecule has 0 amide bonds. The molecular formula is C15H19BrN2. The molecule has 0 aliphatic heterocycles. The Morgan fingerprint density at radius 2 is 2.11 bits per heavy atom. The molecule has 1 aromatic rings. The first-order valence-corrected chi connectivity index (χ1v) is 7.32. The van der Waals surface area contributed by atoms with Gasteiger partial charge >= 0.3 is 0 Å². The van der Waals surface area contributed by atoms with E-state index in [-0.39, 0.29) is 0 Å². The van der Waals surface area contributed by atoms with Crippen molar-refractivity contribution in [2.24, 2.45) is 11.8 Å². The maximum absolute atomic E-state index is 9.65. The van der Waals surface area contributed by atoms with Crippen molar-refractivity contribution in [2.45, 2.75) is 38.6 Å². The van der Waals surface area contributed by atoms with Crippen molar-refractivity contribution in [1.82, 2.24) is 0 Å². The summed E-state index contributed by atoms with van der Waals surface area (Å²) in [6.45, 7) is 4.44. The van der Waals surface area contributed by atoms with Crippen molar-refractivity contribution >= 4 is 21.6 Å². The molecule has 1 aliphatic carbocycles. The number of hydrogen-bond acceptors (Lipinski definition) is 2. The van der Waals surface area contributed by atoms with Gasteiger partial charge in [-0.2, -0.15) is 5.26 Å². The number of hydrogen-bond donors (Lipinski definition) is 1. The van der Waals surface area contributed by atoms with Gasteiger partial charge in [0.1, 0.15) is 5.54 Å². The van der Waals surface area contributed by atoms with Crippen LogP contribution < -0.4 is 5.32 Å². The zero-order valence-electron chi connectivity index (χ0n) is 10.9. The lowest BCUT2D eigenvalue weighted by molar-refractivity contribution is 0.206. The van der Waals surface area contributed by atoms with Crippen LogP contribution in [0.2, 0.25) is 0 Å². The highest BCUT2D eigenvalue weighted by Crippen LogP contribution is 2.40. The third-order valence-corrected chi connectivity index (χ3v) is 4.98. The van der Waals surface area contributed by atoms with Crippen LogP contribution in [-0.2, 0) is 0 Å². The number of anilines is 1. The molecule has 0 aromatic heterocycles. The molecule has 2 nitrogen and oxygen atoms in total. The molecule has 96 valence electrons. The normalized spacial score (nSPS) is 31.7. The lowest BCUT2D eigenvalue weighted by atomic mass is 9.69. The number of halogens is 1. The molecule has 18 heavy (non-hydrogen) atoms. The summed E-state index contributed by atoms with van der Waals surface area (Å²) in [5, 5.41) is 13.1. The van der Waals surface area contributed by atoms with Gasteiger partial charge in [0.05, 0.1) is 6.07 Å². The first kappa shape index (κ1) is 13.4. The third-order valence-electron chi connectivity index (χ3n) is 4.29. The zero-order chi connectivity index (χ0) is 13.2. The van der Waals surface area contributed by atoms with E-state index in [0.29, 0.717) is 11.8 Å². The van der Waals surface area contributed by atoms with E-state index in [2.05, 4.69) is 41.2 Å². The van der Waals surface area contributed by atoms with Crippen molar-refractivity contribution in [3.63, 3.8) is 0 Å². The number of benzene rings is 1. The minimum absolute atomic E-state index is 0.364. The summed E-state index contributed by atoms with van der Waals surface area (Å²) in [6, 6.07) is 10.6. The maximum Gasteiger partial charge on any atom is 0.128 e. The van der Waals surface area contributed by atoms with E-state index in [1.165, 1.54) is 6.42 Å². The van der Waals surface area contributed by atoms with Gasteiger partial charge in [-0.15, -0.1) is 0 Å². The molecule has 1 aromatic carbocycles. The van der Waals surface area contributed by atoms with Crippen LogP contribution in [0.15, 0.2) is 28.7 Å². The highest BCUT2D eigenvalue weighted by molar-refractivity contribution is 9.10. The Bertz CT molecular complexity index is 466. The average molecular weight is 307 g/mol. The fourth-order valence-electron chi connectivity index (χ4n) is 2.83. The van der Waals surface area contributed by atoms with E-state index in [4.69, 9.17) is 0 Å². The van der Waals surface area contributed by atoms with Crippen LogP contribution in [0.3, 0.4) is 0 Å². The van der Waals surface area contributed by atoms with Gasteiger partial charge in [0.15, 0.2) is 0 Å². The Morgan fingerprint density at radius 3 is 2.78 bits per heavy atom. The minimum atomic E-state index is -0.429. The van der Waals surface area contributed by atoms with Crippen LogP contribution in [0.5, 0.6) is 0 Å². The lowest BCUT2D eigenvalue weighted by Gasteiger charge is -2.42. The number of nitrogens with one attached hydrogen (secondary N) is 1. The third kappa shape index (κ3) is 2.40. The molecule has 2 rings (SSSR count). The van der Waals surface area contributed by atoms with E-state index in [0.717, 1.165) is 23.0 Å². The second-order valence-electron chi connectivity index (χ2n) is 5.35. The summed E-state index contributed by atoms with van der Waals surface area (Å²) in [7, 11) is 0. The summed E-state index contributed by atoms with van der Waals surface area (Å²) in [5.41, 5.74) is 0.585. The predicted molar refractivity (Wildman–Crippen MR) is 78.3 cm³/mol. The van der Waals surface area contributed by atoms with Crippen LogP contribution in [-0.4, -0.2) is 5.54 Å². The highest BCUT2D eigenvalue weighted by Gasteiger charge is 2.42. The van der Waals surface area contributed by atoms with E-state index >= 15 is 0 Å². The second kappa shape index (κ2) is 5.32. The molecule has 3 unspecified atom stereocenters. The van der Waals surface area contributed by atoms with Gasteiger partial charge in [0.25, 0.3) is 0 Å². The molecule has 0 saturated heterocycles. The molecule has 0 heterocycles. The predicted octanol–water partition coefficient (Wildman–Crippen LogP) is 4.58. The SMILES string of the molecule is CC1CCCC(C#N)(Nc2ccccc2Br)C1C. The van der Waals surface area contributed by atoms with Gasteiger partial charge in [-0.25, -0.2) is 0 Å². The standard InChI is InChI=1S/C15H19BrN2/c1-11-6-5-9-15(10-17,12(11)2)18-14-8-4-3-7-13(14)16/h3-4,7-8,11-12,18H,5-6,9H2,1-2H3. The molecule has 1 aliphatic rings. The smallest absolute Gasteiger partial charge is 0.128 e. The summed E-state index contributed by atoms with van der Waals surface area (Å²) in [4.78, 5) is 0. The fourth-order valence-corrected chi connectivity index (χ4v) is 3.22. The van der Waals surface area contributed by atoms with Crippen molar-refractivity contribution in [3.8, 4) is 6.07 Å². The van der Waals surface area contributed by atoms with Crippen LogP contribution in [0.1, 0.15) is 33.1 Å². The van der Waals surface area contributed by atoms with Crippen molar-refractivity contribution in [2.75, 3.05) is 5.32 Å².